The zero-order valence-electron chi connectivity index (χ0n) is 15.9. The number of aryl methyl sites for hydroxylation is 1. The average Bonchev–Trinajstić information content (AvgIpc) is 3.14. The van der Waals surface area contributed by atoms with E-state index in [1.54, 1.807) is 10.9 Å². The second-order valence-corrected chi connectivity index (χ2v) is 7.33. The van der Waals surface area contributed by atoms with Gasteiger partial charge in [-0.3, -0.25) is 9.48 Å². The minimum atomic E-state index is -0.334. The van der Waals surface area contributed by atoms with Gasteiger partial charge in [-0.05, 0) is 49.0 Å². The zero-order chi connectivity index (χ0) is 19.5. The second-order valence-electron chi connectivity index (χ2n) is 7.33. The molecule has 4 rings (SSSR count). The molecule has 2 aromatic heterocycles. The summed E-state index contributed by atoms with van der Waals surface area (Å²) < 4.78 is 14.2. The van der Waals surface area contributed by atoms with Crippen molar-refractivity contribution in [2.24, 2.45) is 13.0 Å². The van der Waals surface area contributed by atoms with E-state index >= 15 is 0 Å². The van der Waals surface area contributed by atoms with Gasteiger partial charge in [0, 0.05) is 42.9 Å². The maximum Gasteiger partial charge on any atom is 0.228 e. The number of pyridine rings is 1. The van der Waals surface area contributed by atoms with Gasteiger partial charge in [-0.25, -0.2) is 9.37 Å². The predicted octanol–water partition coefficient (Wildman–Crippen LogP) is 3.26. The van der Waals surface area contributed by atoms with E-state index in [2.05, 4.69) is 26.4 Å². The van der Waals surface area contributed by atoms with Gasteiger partial charge in [-0.2, -0.15) is 5.10 Å². The van der Waals surface area contributed by atoms with E-state index in [0.29, 0.717) is 12.4 Å². The van der Waals surface area contributed by atoms with Crippen LogP contribution in [0, 0.1) is 5.92 Å². The molecule has 0 spiro atoms. The number of fused-ring (bicyclic) bond motifs is 1. The Morgan fingerprint density at radius 3 is 2.71 bits per heavy atom. The van der Waals surface area contributed by atoms with Crippen molar-refractivity contribution in [3.05, 3.63) is 42.9 Å². The molecule has 1 saturated heterocycles. The fourth-order valence-corrected chi connectivity index (χ4v) is 3.73. The van der Waals surface area contributed by atoms with E-state index in [9.17, 15) is 9.18 Å². The number of piperidine rings is 1. The summed E-state index contributed by atoms with van der Waals surface area (Å²) in [6.07, 6.45) is 7.09. The van der Waals surface area contributed by atoms with Crippen molar-refractivity contribution < 1.29 is 9.18 Å². The third-order valence-corrected chi connectivity index (χ3v) is 5.37. The molecule has 0 unspecified atom stereocenters. The molecule has 0 saturated carbocycles. The molecular weight excluding hydrogens is 357 g/mol. The maximum absolute atomic E-state index is 12.6. The molecule has 1 N–H and O–H groups in total. The Morgan fingerprint density at radius 1 is 1.18 bits per heavy atom. The van der Waals surface area contributed by atoms with Crippen molar-refractivity contribution in [1.29, 1.82) is 0 Å². The summed E-state index contributed by atoms with van der Waals surface area (Å²) in [4.78, 5) is 19.1. The fourth-order valence-electron chi connectivity index (χ4n) is 3.73. The number of hydrogen-bond donors (Lipinski definition) is 1. The summed E-state index contributed by atoms with van der Waals surface area (Å²) in [7, 11) is 1.89. The van der Waals surface area contributed by atoms with Crippen LogP contribution in [0.3, 0.4) is 0 Å². The molecule has 3 aromatic rings. The third kappa shape index (κ3) is 4.04. The molecular formula is C21H24FN5O. The number of benzene rings is 1. The van der Waals surface area contributed by atoms with Crippen molar-refractivity contribution in [2.75, 3.05) is 31.6 Å². The Morgan fingerprint density at radius 2 is 2.00 bits per heavy atom. The lowest BCUT2D eigenvalue weighted by Crippen LogP contribution is -2.39. The van der Waals surface area contributed by atoms with Crippen LogP contribution >= 0.6 is 0 Å². The van der Waals surface area contributed by atoms with Crippen LogP contribution in [-0.4, -0.2) is 51.9 Å². The Hall–Kier alpha value is -2.80. The number of rotatable bonds is 5. The lowest BCUT2D eigenvalue weighted by Gasteiger charge is -2.30. The number of carbonyl (C=O) groups excluding carboxylic acids is 1. The van der Waals surface area contributed by atoms with Crippen LogP contribution in [-0.2, 0) is 11.8 Å². The van der Waals surface area contributed by atoms with E-state index < -0.39 is 0 Å². The number of nitrogens with one attached hydrogen (secondary N) is 1. The van der Waals surface area contributed by atoms with Crippen molar-refractivity contribution >= 4 is 22.5 Å². The number of nitrogens with zero attached hydrogens (tertiary/aromatic N) is 4. The number of hydrogen-bond acceptors (Lipinski definition) is 4. The SMILES string of the molecule is Cn1cc(-c2ccc3cnc(NC(=O)C4CCN(CCF)CC4)cc3c2)cn1. The van der Waals surface area contributed by atoms with Gasteiger partial charge in [0.25, 0.3) is 0 Å². The van der Waals surface area contributed by atoms with Crippen LogP contribution in [0.4, 0.5) is 10.2 Å². The molecule has 0 radical (unpaired) electrons. The van der Waals surface area contributed by atoms with Crippen LogP contribution in [0.25, 0.3) is 21.9 Å². The predicted molar refractivity (Wildman–Crippen MR) is 108 cm³/mol. The van der Waals surface area contributed by atoms with Crippen LogP contribution < -0.4 is 5.32 Å². The summed E-state index contributed by atoms with van der Waals surface area (Å²) in [6, 6.07) is 8.06. The number of anilines is 1. The lowest BCUT2D eigenvalue weighted by molar-refractivity contribution is -0.121. The van der Waals surface area contributed by atoms with Crippen LogP contribution in [0.5, 0.6) is 0 Å². The van der Waals surface area contributed by atoms with E-state index in [4.69, 9.17) is 0 Å². The van der Waals surface area contributed by atoms with Crippen molar-refractivity contribution in [3.8, 4) is 11.1 Å². The first-order chi connectivity index (χ1) is 13.6. The number of carbonyl (C=O) groups is 1. The molecule has 7 heteroatoms. The van der Waals surface area contributed by atoms with Crippen LogP contribution in [0.2, 0.25) is 0 Å². The molecule has 1 aromatic carbocycles. The minimum absolute atomic E-state index is 0.00448. The third-order valence-electron chi connectivity index (χ3n) is 5.37. The molecule has 0 bridgehead atoms. The van der Waals surface area contributed by atoms with Gasteiger partial charge in [0.05, 0.1) is 6.20 Å². The fraction of sp³-hybridized carbons (Fsp3) is 0.381. The molecule has 0 aliphatic carbocycles. The van der Waals surface area contributed by atoms with E-state index in [1.807, 2.05) is 37.6 Å². The first-order valence-corrected chi connectivity index (χ1v) is 9.60. The number of aromatic nitrogens is 3. The van der Waals surface area contributed by atoms with Crippen molar-refractivity contribution in [3.63, 3.8) is 0 Å². The highest BCUT2D eigenvalue weighted by Gasteiger charge is 2.25. The van der Waals surface area contributed by atoms with Gasteiger partial charge in [0.2, 0.25) is 5.91 Å². The largest absolute Gasteiger partial charge is 0.310 e. The number of amides is 1. The maximum atomic E-state index is 12.6. The summed E-state index contributed by atoms with van der Waals surface area (Å²) in [5, 5.41) is 9.21. The number of likely N-dealkylation sites (tertiary alicyclic amines) is 1. The van der Waals surface area contributed by atoms with Crippen molar-refractivity contribution in [1.82, 2.24) is 19.7 Å². The standard InChI is InChI=1S/C21H24FN5O/c1-26-14-19(13-24-26)16-2-3-17-12-23-20(11-18(17)10-16)25-21(28)15-4-7-27(8-5-15)9-6-22/h2-3,10-15H,4-9H2,1H3,(H,23,25,28). The van der Waals surface area contributed by atoms with Crippen LogP contribution in [0.15, 0.2) is 42.9 Å². The van der Waals surface area contributed by atoms with Gasteiger partial charge >= 0.3 is 0 Å². The smallest absolute Gasteiger partial charge is 0.228 e. The average molecular weight is 381 g/mol. The monoisotopic (exact) mass is 381 g/mol. The normalized spacial score (nSPS) is 15.8. The summed E-state index contributed by atoms with van der Waals surface area (Å²) in [6.45, 7) is 1.65. The first-order valence-electron chi connectivity index (χ1n) is 9.60. The minimum Gasteiger partial charge on any atom is -0.310 e. The topological polar surface area (TPSA) is 63.1 Å². The molecule has 146 valence electrons. The highest BCUT2D eigenvalue weighted by Crippen LogP contribution is 2.26. The highest BCUT2D eigenvalue weighted by molar-refractivity contribution is 5.95. The van der Waals surface area contributed by atoms with Crippen LogP contribution in [0.1, 0.15) is 12.8 Å². The molecule has 1 aliphatic heterocycles. The summed E-state index contributed by atoms with van der Waals surface area (Å²) >= 11 is 0. The quantitative estimate of drug-likeness (QED) is 0.737. The van der Waals surface area contributed by atoms with Gasteiger partial charge < -0.3 is 10.2 Å². The number of halogens is 1. The van der Waals surface area contributed by atoms with E-state index in [0.717, 1.165) is 47.8 Å². The molecule has 3 heterocycles. The molecule has 28 heavy (non-hydrogen) atoms. The van der Waals surface area contributed by atoms with Crippen molar-refractivity contribution in [2.45, 2.75) is 12.8 Å². The van der Waals surface area contributed by atoms with Gasteiger partial charge in [0.15, 0.2) is 0 Å². The van der Waals surface area contributed by atoms with Gasteiger partial charge in [-0.1, -0.05) is 12.1 Å². The Kier molecular flexibility index (Phi) is 5.34. The second kappa shape index (κ2) is 8.06. The van der Waals surface area contributed by atoms with E-state index in [-0.39, 0.29) is 18.5 Å². The van der Waals surface area contributed by atoms with Gasteiger partial charge in [-0.15, -0.1) is 0 Å². The van der Waals surface area contributed by atoms with E-state index in [1.165, 1.54) is 0 Å². The molecule has 1 aliphatic rings. The lowest BCUT2D eigenvalue weighted by atomic mass is 9.96. The Balaban J connectivity index is 1.47. The van der Waals surface area contributed by atoms with Gasteiger partial charge in [0.1, 0.15) is 12.5 Å². The molecule has 1 fully saturated rings. The zero-order valence-corrected chi connectivity index (χ0v) is 15.9. The first kappa shape index (κ1) is 18.6. The molecule has 0 atom stereocenters. The number of alkyl halides is 1. The molecule has 1 amide bonds. The molecule has 6 nitrogen and oxygen atoms in total. The highest BCUT2D eigenvalue weighted by atomic mass is 19.1. The Bertz CT molecular complexity index is 978. The summed E-state index contributed by atoms with van der Waals surface area (Å²) in [5.41, 5.74) is 2.12. The summed E-state index contributed by atoms with van der Waals surface area (Å²) in [5.74, 6) is 0.511. The Labute approximate surface area is 163 Å².